The normalized spacial score (nSPS) is 10.5. The highest BCUT2D eigenvalue weighted by molar-refractivity contribution is 5.95. The molecule has 4 heteroatoms. The van der Waals surface area contributed by atoms with Crippen LogP contribution in [-0.2, 0) is 11.2 Å². The summed E-state index contributed by atoms with van der Waals surface area (Å²) >= 11 is 0. The van der Waals surface area contributed by atoms with Crippen LogP contribution in [0.5, 0.6) is 0 Å². The van der Waals surface area contributed by atoms with Crippen molar-refractivity contribution >= 4 is 11.6 Å². The number of carbonyl (C=O) groups excluding carboxylic acids is 1. The molecule has 2 rings (SSSR count). The van der Waals surface area contributed by atoms with E-state index in [1.807, 2.05) is 23.1 Å². The van der Waals surface area contributed by atoms with Gasteiger partial charge in [0, 0.05) is 31.5 Å². The van der Waals surface area contributed by atoms with Gasteiger partial charge in [-0.15, -0.1) is 0 Å². The summed E-state index contributed by atoms with van der Waals surface area (Å²) < 4.78 is 5.13. The summed E-state index contributed by atoms with van der Waals surface area (Å²) in [6.45, 7) is 1.81. The fraction of sp³-hybridized carbons (Fsp3) is 0.316. The van der Waals surface area contributed by atoms with E-state index in [0.717, 1.165) is 12.8 Å². The highest BCUT2D eigenvalue weighted by atomic mass is 16.5. The molecule has 2 aromatic rings. The largest absolute Gasteiger partial charge is 0.399 e. The molecule has 0 spiro atoms. The summed E-state index contributed by atoms with van der Waals surface area (Å²) in [6, 6.07) is 17.4. The van der Waals surface area contributed by atoms with E-state index in [9.17, 15) is 4.79 Å². The minimum Gasteiger partial charge on any atom is -0.399 e. The molecule has 0 bridgehead atoms. The predicted octanol–water partition coefficient (Wildman–Crippen LogP) is 2.99. The number of carbonyl (C=O) groups is 1. The molecule has 0 saturated heterocycles. The van der Waals surface area contributed by atoms with E-state index in [-0.39, 0.29) is 5.91 Å². The van der Waals surface area contributed by atoms with E-state index in [1.165, 1.54) is 5.56 Å². The van der Waals surface area contributed by atoms with E-state index in [1.54, 1.807) is 31.4 Å². The van der Waals surface area contributed by atoms with E-state index in [2.05, 4.69) is 12.1 Å². The quantitative estimate of drug-likeness (QED) is 0.762. The zero-order valence-electron chi connectivity index (χ0n) is 13.6. The maximum atomic E-state index is 12.7. The van der Waals surface area contributed by atoms with Crippen LogP contribution in [0.2, 0.25) is 0 Å². The first-order chi connectivity index (χ1) is 11.2. The van der Waals surface area contributed by atoms with Gasteiger partial charge in [0.1, 0.15) is 0 Å². The van der Waals surface area contributed by atoms with Crippen molar-refractivity contribution in [1.29, 1.82) is 0 Å². The molecule has 0 atom stereocenters. The molecule has 0 unspecified atom stereocenters. The third-order valence-electron chi connectivity index (χ3n) is 3.72. The Balaban J connectivity index is 1.97. The topological polar surface area (TPSA) is 55.6 Å². The van der Waals surface area contributed by atoms with Crippen molar-refractivity contribution in [2.75, 3.05) is 32.5 Å². The molecule has 2 N–H and O–H groups in total. The van der Waals surface area contributed by atoms with Crippen molar-refractivity contribution in [1.82, 2.24) is 4.90 Å². The second-order valence-electron chi connectivity index (χ2n) is 5.50. The smallest absolute Gasteiger partial charge is 0.254 e. The standard InChI is InChI=1S/C19H24N2O2/c1-23-14-13-21(12-6-9-16-7-3-2-4-8-16)19(22)17-10-5-11-18(20)15-17/h2-5,7-8,10-11,15H,6,9,12-14,20H2,1H3. The van der Waals surface area contributed by atoms with Gasteiger partial charge in [-0.2, -0.15) is 0 Å². The van der Waals surface area contributed by atoms with Crippen LogP contribution >= 0.6 is 0 Å². The van der Waals surface area contributed by atoms with Gasteiger partial charge in [-0.1, -0.05) is 36.4 Å². The lowest BCUT2D eigenvalue weighted by Gasteiger charge is -2.22. The Morgan fingerprint density at radius 3 is 2.57 bits per heavy atom. The van der Waals surface area contributed by atoms with Crippen LogP contribution in [0.4, 0.5) is 5.69 Å². The highest BCUT2D eigenvalue weighted by Gasteiger charge is 2.15. The van der Waals surface area contributed by atoms with E-state index in [4.69, 9.17) is 10.5 Å². The number of nitrogen functional groups attached to an aromatic ring is 1. The average molecular weight is 312 g/mol. The van der Waals surface area contributed by atoms with Crippen LogP contribution in [0.1, 0.15) is 22.3 Å². The first-order valence-electron chi connectivity index (χ1n) is 7.88. The predicted molar refractivity (Wildman–Crippen MR) is 93.4 cm³/mol. The first kappa shape index (κ1) is 17.0. The lowest BCUT2D eigenvalue weighted by Crippen LogP contribution is -2.35. The maximum absolute atomic E-state index is 12.7. The van der Waals surface area contributed by atoms with E-state index < -0.39 is 0 Å². The number of rotatable bonds is 8. The van der Waals surface area contributed by atoms with Crippen LogP contribution in [0, 0.1) is 0 Å². The zero-order chi connectivity index (χ0) is 16.5. The Bertz CT molecular complexity index is 614. The molecule has 2 aromatic carbocycles. The number of hydrogen-bond acceptors (Lipinski definition) is 3. The van der Waals surface area contributed by atoms with Crippen LogP contribution in [0.3, 0.4) is 0 Å². The summed E-state index contributed by atoms with van der Waals surface area (Å²) in [6.07, 6.45) is 1.87. The lowest BCUT2D eigenvalue weighted by molar-refractivity contribution is 0.0693. The second kappa shape index (κ2) is 8.96. The molecule has 0 aliphatic heterocycles. The lowest BCUT2D eigenvalue weighted by atomic mass is 10.1. The van der Waals surface area contributed by atoms with Crippen LogP contribution in [0.25, 0.3) is 0 Å². The number of benzene rings is 2. The molecular formula is C19H24N2O2. The molecule has 0 aromatic heterocycles. The fourth-order valence-electron chi connectivity index (χ4n) is 2.49. The molecule has 0 aliphatic carbocycles. The molecule has 0 saturated carbocycles. The maximum Gasteiger partial charge on any atom is 0.254 e. The van der Waals surface area contributed by atoms with Gasteiger partial charge in [0.2, 0.25) is 0 Å². The third-order valence-corrected chi connectivity index (χ3v) is 3.72. The van der Waals surface area contributed by atoms with E-state index in [0.29, 0.717) is 30.9 Å². The molecule has 23 heavy (non-hydrogen) atoms. The van der Waals surface area contributed by atoms with Crippen LogP contribution in [0.15, 0.2) is 54.6 Å². The Kier molecular flexibility index (Phi) is 6.63. The Hall–Kier alpha value is -2.33. The number of hydrogen-bond donors (Lipinski definition) is 1. The van der Waals surface area contributed by atoms with Crippen molar-refractivity contribution in [2.24, 2.45) is 0 Å². The minimum atomic E-state index is 0.00223. The van der Waals surface area contributed by atoms with E-state index >= 15 is 0 Å². The highest BCUT2D eigenvalue weighted by Crippen LogP contribution is 2.11. The Labute approximate surface area is 137 Å². The molecule has 4 nitrogen and oxygen atoms in total. The van der Waals surface area contributed by atoms with Crippen molar-refractivity contribution in [2.45, 2.75) is 12.8 Å². The number of amides is 1. The van der Waals surface area contributed by atoms with Crippen LogP contribution in [-0.4, -0.2) is 37.6 Å². The summed E-state index contributed by atoms with van der Waals surface area (Å²) in [5.41, 5.74) is 8.29. The zero-order valence-corrected chi connectivity index (χ0v) is 13.6. The van der Waals surface area contributed by atoms with Gasteiger partial charge in [-0.3, -0.25) is 4.79 Å². The monoisotopic (exact) mass is 312 g/mol. The Morgan fingerprint density at radius 2 is 1.87 bits per heavy atom. The number of nitrogens with two attached hydrogens (primary N) is 1. The SMILES string of the molecule is COCCN(CCCc1ccccc1)C(=O)c1cccc(N)c1. The van der Waals surface area contributed by atoms with Gasteiger partial charge in [0.15, 0.2) is 0 Å². The van der Waals surface area contributed by atoms with Gasteiger partial charge >= 0.3 is 0 Å². The molecular weight excluding hydrogens is 288 g/mol. The number of methoxy groups -OCH3 is 1. The fourth-order valence-corrected chi connectivity index (χ4v) is 2.49. The third kappa shape index (κ3) is 5.42. The summed E-state index contributed by atoms with van der Waals surface area (Å²) in [7, 11) is 1.65. The van der Waals surface area contributed by atoms with Crippen LogP contribution < -0.4 is 5.73 Å². The van der Waals surface area contributed by atoms with Gasteiger partial charge in [-0.25, -0.2) is 0 Å². The minimum absolute atomic E-state index is 0.00223. The average Bonchev–Trinajstić information content (AvgIpc) is 2.58. The Morgan fingerprint density at radius 1 is 1.09 bits per heavy atom. The van der Waals surface area contributed by atoms with Crippen molar-refractivity contribution < 1.29 is 9.53 Å². The number of anilines is 1. The summed E-state index contributed by atoms with van der Waals surface area (Å²) in [4.78, 5) is 14.5. The molecule has 0 fully saturated rings. The molecule has 1 amide bonds. The molecule has 0 aliphatic rings. The van der Waals surface area contributed by atoms with Gasteiger partial charge in [0.25, 0.3) is 5.91 Å². The number of aryl methyl sites for hydroxylation is 1. The van der Waals surface area contributed by atoms with Gasteiger partial charge < -0.3 is 15.4 Å². The molecule has 122 valence electrons. The van der Waals surface area contributed by atoms with Crippen molar-refractivity contribution in [3.8, 4) is 0 Å². The number of nitrogens with zero attached hydrogens (tertiary/aromatic N) is 1. The van der Waals surface area contributed by atoms with Crippen molar-refractivity contribution in [3.63, 3.8) is 0 Å². The first-order valence-corrected chi connectivity index (χ1v) is 7.88. The molecule has 0 heterocycles. The van der Waals surface area contributed by atoms with Crippen molar-refractivity contribution in [3.05, 3.63) is 65.7 Å². The summed E-state index contributed by atoms with van der Waals surface area (Å²) in [5, 5.41) is 0. The summed E-state index contributed by atoms with van der Waals surface area (Å²) in [5.74, 6) is 0.00223. The van der Waals surface area contributed by atoms with Gasteiger partial charge in [0.05, 0.1) is 6.61 Å². The number of ether oxygens (including phenoxy) is 1. The van der Waals surface area contributed by atoms with Gasteiger partial charge in [-0.05, 0) is 36.6 Å². The molecule has 0 radical (unpaired) electrons. The second-order valence-corrected chi connectivity index (χ2v) is 5.50.